The summed E-state index contributed by atoms with van der Waals surface area (Å²) in [5.41, 5.74) is 9.61. The molecule has 0 spiro atoms. The third-order valence-corrected chi connectivity index (χ3v) is 5.39. The van der Waals surface area contributed by atoms with Crippen LogP contribution in [0.4, 0.5) is 0 Å². The maximum absolute atomic E-state index is 13.0. The molecule has 1 aliphatic rings. The molecule has 7 heteroatoms. The minimum Gasteiger partial charge on any atom is -0.338 e. The summed E-state index contributed by atoms with van der Waals surface area (Å²) < 4.78 is 1.71. The number of hydrogen-bond donors (Lipinski definition) is 2. The van der Waals surface area contributed by atoms with Crippen LogP contribution in [-0.2, 0) is 4.79 Å². The van der Waals surface area contributed by atoms with Gasteiger partial charge in [-0.25, -0.2) is 20.5 Å². The number of carbonyl (C=O) groups excluding carboxylic acids is 1. The van der Waals surface area contributed by atoms with Crippen LogP contribution in [0.1, 0.15) is 36.6 Å². The first-order valence-corrected chi connectivity index (χ1v) is 9.41. The fourth-order valence-electron chi connectivity index (χ4n) is 3.53. The third kappa shape index (κ3) is 3.67. The zero-order valence-corrected chi connectivity index (χ0v) is 16.0. The van der Waals surface area contributed by atoms with Crippen molar-refractivity contribution in [3.8, 4) is 5.69 Å². The average Bonchev–Trinajstić information content (AvgIpc) is 3.45. The van der Waals surface area contributed by atoms with Gasteiger partial charge >= 0.3 is 0 Å². The first-order chi connectivity index (χ1) is 13.6. The second-order valence-corrected chi connectivity index (χ2v) is 7.10. The molecule has 2 aromatic carbocycles. The number of likely N-dealkylation sites (N-methyl/N-ethyl adjacent to an activating group) is 1. The molecule has 1 aromatic heterocycles. The molecule has 2 N–H and O–H groups in total. The largest absolute Gasteiger partial charge is 0.338 e. The topological polar surface area (TPSA) is 75.1 Å². The highest BCUT2D eigenvalue weighted by atomic mass is 16.2. The average molecular weight is 376 g/mol. The number of rotatable bonds is 5. The molecule has 0 radical (unpaired) electrons. The van der Waals surface area contributed by atoms with Crippen LogP contribution < -0.4 is 10.9 Å². The molecular formula is C21H24N6O. The molecule has 3 unspecified atom stereocenters. The second kappa shape index (κ2) is 7.92. The van der Waals surface area contributed by atoms with Crippen LogP contribution in [0.3, 0.4) is 0 Å². The fraction of sp³-hybridized carbons (Fsp3) is 0.286. The minimum atomic E-state index is -0.243. The van der Waals surface area contributed by atoms with Crippen LogP contribution in [0.25, 0.3) is 5.69 Å². The fourth-order valence-corrected chi connectivity index (χ4v) is 3.53. The van der Waals surface area contributed by atoms with Gasteiger partial charge in [0.05, 0.1) is 11.7 Å². The van der Waals surface area contributed by atoms with Crippen molar-refractivity contribution in [2.24, 2.45) is 0 Å². The monoisotopic (exact) mass is 376 g/mol. The van der Waals surface area contributed by atoms with Crippen LogP contribution >= 0.6 is 0 Å². The number of hydrogen-bond acceptors (Lipinski definition) is 5. The van der Waals surface area contributed by atoms with E-state index in [0.717, 1.165) is 17.7 Å². The van der Waals surface area contributed by atoms with Crippen molar-refractivity contribution in [3.63, 3.8) is 0 Å². The van der Waals surface area contributed by atoms with Gasteiger partial charge in [0.1, 0.15) is 18.7 Å². The highest BCUT2D eigenvalue weighted by molar-refractivity contribution is 5.82. The summed E-state index contributed by atoms with van der Waals surface area (Å²) in [4.78, 5) is 18.8. The Bertz CT molecular complexity index is 910. The van der Waals surface area contributed by atoms with Crippen LogP contribution in [0.2, 0.25) is 0 Å². The van der Waals surface area contributed by atoms with Crippen LogP contribution in [-0.4, -0.2) is 38.7 Å². The molecule has 4 rings (SSSR count). The zero-order valence-electron chi connectivity index (χ0n) is 16.0. The SMILES string of the molecule is CC(c1ccc(-n2cncn2)cc1)N(C)C(=O)C1CC(c2ccccc2)NN1. The van der Waals surface area contributed by atoms with Gasteiger partial charge in [-0.05, 0) is 36.6 Å². The number of amides is 1. The lowest BCUT2D eigenvalue weighted by atomic mass is 10.0. The van der Waals surface area contributed by atoms with Crippen LogP contribution in [0.15, 0.2) is 67.3 Å². The van der Waals surface area contributed by atoms with Gasteiger partial charge in [0.2, 0.25) is 5.91 Å². The molecule has 0 aliphatic carbocycles. The number of nitrogens with one attached hydrogen (secondary N) is 2. The molecule has 1 aliphatic heterocycles. The van der Waals surface area contributed by atoms with Gasteiger partial charge < -0.3 is 4.90 Å². The zero-order chi connectivity index (χ0) is 19.5. The van der Waals surface area contributed by atoms with Crippen molar-refractivity contribution >= 4 is 5.91 Å². The Hall–Kier alpha value is -3.03. The summed E-state index contributed by atoms with van der Waals surface area (Å²) >= 11 is 0. The Morgan fingerprint density at radius 2 is 1.89 bits per heavy atom. The number of aromatic nitrogens is 3. The standard InChI is InChI=1S/C21H24N6O/c1-15(16-8-10-18(11-9-16)27-14-22-13-23-27)26(2)21(28)20-12-19(24-25-20)17-6-4-3-5-7-17/h3-11,13-15,19-20,24-25H,12H2,1-2H3. The molecule has 3 aromatic rings. The molecule has 1 saturated heterocycles. The van der Waals surface area contributed by atoms with Gasteiger partial charge in [-0.15, -0.1) is 0 Å². The summed E-state index contributed by atoms with van der Waals surface area (Å²) in [6.45, 7) is 2.04. The Labute approximate surface area is 164 Å². The smallest absolute Gasteiger partial charge is 0.241 e. The van der Waals surface area contributed by atoms with Gasteiger partial charge in [-0.3, -0.25) is 4.79 Å². The highest BCUT2D eigenvalue weighted by Gasteiger charge is 2.33. The molecule has 0 saturated carbocycles. The van der Waals surface area contributed by atoms with Crippen LogP contribution in [0, 0.1) is 0 Å². The summed E-state index contributed by atoms with van der Waals surface area (Å²) in [6, 6.07) is 18.1. The van der Waals surface area contributed by atoms with E-state index in [-0.39, 0.29) is 24.0 Å². The van der Waals surface area contributed by atoms with E-state index in [2.05, 4.69) is 33.1 Å². The van der Waals surface area contributed by atoms with E-state index in [0.29, 0.717) is 0 Å². The number of carbonyl (C=O) groups is 1. The molecule has 28 heavy (non-hydrogen) atoms. The molecular weight excluding hydrogens is 352 g/mol. The maximum Gasteiger partial charge on any atom is 0.241 e. The number of benzene rings is 2. The summed E-state index contributed by atoms with van der Waals surface area (Å²) in [6.07, 6.45) is 3.90. The summed E-state index contributed by atoms with van der Waals surface area (Å²) in [5, 5.41) is 4.13. The normalized spacial score (nSPS) is 20.1. The molecule has 1 fully saturated rings. The Morgan fingerprint density at radius 1 is 1.14 bits per heavy atom. The van der Waals surface area contributed by atoms with Gasteiger partial charge in [0.15, 0.2) is 0 Å². The van der Waals surface area contributed by atoms with Crippen molar-refractivity contribution in [2.45, 2.75) is 31.5 Å². The van der Waals surface area contributed by atoms with Crippen molar-refractivity contribution < 1.29 is 4.79 Å². The quantitative estimate of drug-likeness (QED) is 0.715. The number of hydrazine groups is 1. The molecule has 7 nitrogen and oxygen atoms in total. The minimum absolute atomic E-state index is 0.0325. The molecule has 0 bridgehead atoms. The summed E-state index contributed by atoms with van der Waals surface area (Å²) in [5.74, 6) is 0.0822. The van der Waals surface area contributed by atoms with E-state index in [1.165, 1.54) is 11.9 Å². The first kappa shape index (κ1) is 18.3. The van der Waals surface area contributed by atoms with E-state index in [4.69, 9.17) is 0 Å². The van der Waals surface area contributed by atoms with Crippen molar-refractivity contribution in [2.75, 3.05) is 7.05 Å². The van der Waals surface area contributed by atoms with Crippen molar-refractivity contribution in [3.05, 3.63) is 78.4 Å². The molecule has 144 valence electrons. The van der Waals surface area contributed by atoms with Gasteiger partial charge in [-0.1, -0.05) is 42.5 Å². The van der Waals surface area contributed by atoms with Gasteiger partial charge in [0.25, 0.3) is 0 Å². The Balaban J connectivity index is 1.41. The van der Waals surface area contributed by atoms with Gasteiger partial charge in [0, 0.05) is 13.1 Å². The number of nitrogens with zero attached hydrogens (tertiary/aromatic N) is 4. The van der Waals surface area contributed by atoms with Crippen molar-refractivity contribution in [1.82, 2.24) is 30.5 Å². The Morgan fingerprint density at radius 3 is 2.57 bits per heavy atom. The second-order valence-electron chi connectivity index (χ2n) is 7.10. The molecule has 2 heterocycles. The lowest BCUT2D eigenvalue weighted by Gasteiger charge is -2.28. The van der Waals surface area contributed by atoms with Crippen molar-refractivity contribution in [1.29, 1.82) is 0 Å². The van der Waals surface area contributed by atoms with E-state index in [9.17, 15) is 4.79 Å². The lowest BCUT2D eigenvalue weighted by Crippen LogP contribution is -2.44. The van der Waals surface area contributed by atoms with Crippen LogP contribution in [0.5, 0.6) is 0 Å². The van der Waals surface area contributed by atoms with E-state index in [1.807, 2.05) is 56.4 Å². The molecule has 3 atom stereocenters. The predicted molar refractivity (Wildman–Crippen MR) is 106 cm³/mol. The third-order valence-electron chi connectivity index (χ3n) is 5.39. The molecule has 1 amide bonds. The highest BCUT2D eigenvalue weighted by Crippen LogP contribution is 2.26. The van der Waals surface area contributed by atoms with E-state index < -0.39 is 0 Å². The first-order valence-electron chi connectivity index (χ1n) is 9.41. The van der Waals surface area contributed by atoms with E-state index >= 15 is 0 Å². The lowest BCUT2D eigenvalue weighted by molar-refractivity contribution is -0.133. The summed E-state index contributed by atoms with van der Waals surface area (Å²) in [7, 11) is 1.86. The van der Waals surface area contributed by atoms with E-state index in [1.54, 1.807) is 15.9 Å². The maximum atomic E-state index is 13.0. The predicted octanol–water partition coefficient (Wildman–Crippen LogP) is 2.39. The Kier molecular flexibility index (Phi) is 5.18. The van der Waals surface area contributed by atoms with Gasteiger partial charge in [-0.2, -0.15) is 5.10 Å².